The van der Waals surface area contributed by atoms with Crippen LogP contribution in [0, 0.1) is 6.92 Å². The van der Waals surface area contributed by atoms with Crippen LogP contribution in [0.3, 0.4) is 0 Å². The van der Waals surface area contributed by atoms with Gasteiger partial charge in [-0.2, -0.15) is 5.10 Å². The normalized spacial score (nSPS) is 11.0. The molecule has 0 spiro atoms. The molecule has 0 saturated carbocycles. The summed E-state index contributed by atoms with van der Waals surface area (Å²) in [7, 11) is 0. The number of carbonyl (C=O) groups excluding carboxylic acids is 1. The van der Waals surface area contributed by atoms with Crippen molar-refractivity contribution >= 4 is 5.91 Å². The third-order valence-electron chi connectivity index (χ3n) is 2.44. The Kier molecular flexibility index (Phi) is 5.21. The first-order valence-corrected chi connectivity index (χ1v) is 5.72. The van der Waals surface area contributed by atoms with Crippen molar-refractivity contribution < 1.29 is 18.7 Å². The van der Waals surface area contributed by atoms with Gasteiger partial charge in [0.1, 0.15) is 5.69 Å². The maximum Gasteiger partial charge on any atom is 0.272 e. The van der Waals surface area contributed by atoms with E-state index < -0.39 is 18.9 Å². The molecule has 1 heterocycles. The Balaban J connectivity index is 2.93. The summed E-state index contributed by atoms with van der Waals surface area (Å²) in [5.41, 5.74) is 0.922. The maximum atomic E-state index is 12.4. The summed E-state index contributed by atoms with van der Waals surface area (Å²) < 4.78 is 26.2. The number of aliphatic hydroxyl groups is 1. The molecule has 0 atom stereocenters. The molecule has 102 valence electrons. The molecule has 0 unspecified atom stereocenters. The molecular weight excluding hydrogens is 244 g/mol. The van der Waals surface area contributed by atoms with Gasteiger partial charge in [0.05, 0.1) is 18.8 Å². The molecule has 0 radical (unpaired) electrons. The minimum atomic E-state index is -2.63. The molecule has 1 amide bonds. The standard InChI is InChI=1S/C11H17F2N3O2/c1-3-16-9(6-8(2)14-16)11(18)15(4-5-17)7-10(12)13/h6,10,17H,3-5,7H2,1-2H3. The fraction of sp³-hybridized carbons (Fsp3) is 0.636. The zero-order chi connectivity index (χ0) is 13.7. The number of alkyl halides is 2. The molecule has 1 N–H and O–H groups in total. The van der Waals surface area contributed by atoms with Crippen LogP contribution < -0.4 is 0 Å². The second kappa shape index (κ2) is 6.44. The molecule has 5 nitrogen and oxygen atoms in total. The average Bonchev–Trinajstić information content (AvgIpc) is 2.68. The first kappa shape index (κ1) is 14.6. The largest absolute Gasteiger partial charge is 0.395 e. The number of nitrogens with zero attached hydrogens (tertiary/aromatic N) is 3. The molecule has 0 aliphatic heterocycles. The highest BCUT2D eigenvalue weighted by atomic mass is 19.3. The molecule has 1 aromatic rings. The van der Waals surface area contributed by atoms with E-state index in [2.05, 4.69) is 5.10 Å². The van der Waals surface area contributed by atoms with Gasteiger partial charge in [-0.15, -0.1) is 0 Å². The Morgan fingerprint density at radius 1 is 1.61 bits per heavy atom. The van der Waals surface area contributed by atoms with Gasteiger partial charge in [-0.3, -0.25) is 9.48 Å². The molecule has 0 bridgehead atoms. The summed E-state index contributed by atoms with van der Waals surface area (Å²) in [4.78, 5) is 13.0. The molecule has 7 heteroatoms. The van der Waals surface area contributed by atoms with E-state index in [0.29, 0.717) is 12.2 Å². The smallest absolute Gasteiger partial charge is 0.272 e. The third kappa shape index (κ3) is 3.49. The molecule has 1 rings (SSSR count). The van der Waals surface area contributed by atoms with Gasteiger partial charge >= 0.3 is 0 Å². The Bertz CT molecular complexity index is 407. The first-order valence-electron chi connectivity index (χ1n) is 5.72. The van der Waals surface area contributed by atoms with Crippen LogP contribution in [-0.4, -0.2) is 51.8 Å². The summed E-state index contributed by atoms with van der Waals surface area (Å²) >= 11 is 0. The summed E-state index contributed by atoms with van der Waals surface area (Å²) in [6.45, 7) is 2.87. The number of aryl methyl sites for hydroxylation is 2. The molecule has 0 saturated heterocycles. The zero-order valence-electron chi connectivity index (χ0n) is 10.4. The highest BCUT2D eigenvalue weighted by molar-refractivity contribution is 5.92. The second-order valence-electron chi connectivity index (χ2n) is 3.85. The third-order valence-corrected chi connectivity index (χ3v) is 2.44. The Morgan fingerprint density at radius 3 is 2.78 bits per heavy atom. The molecule has 0 aliphatic rings. The van der Waals surface area contributed by atoms with E-state index in [4.69, 9.17) is 5.11 Å². The Labute approximate surface area is 104 Å². The van der Waals surface area contributed by atoms with Crippen LogP contribution in [0.2, 0.25) is 0 Å². The molecule has 0 aliphatic carbocycles. The van der Waals surface area contributed by atoms with Gasteiger partial charge in [0.2, 0.25) is 0 Å². The lowest BCUT2D eigenvalue weighted by Crippen LogP contribution is -2.38. The quantitative estimate of drug-likeness (QED) is 0.828. The minimum absolute atomic E-state index is 0.114. The minimum Gasteiger partial charge on any atom is -0.395 e. The van der Waals surface area contributed by atoms with Crippen LogP contribution in [0.4, 0.5) is 8.78 Å². The fourth-order valence-corrected chi connectivity index (χ4v) is 1.68. The van der Waals surface area contributed by atoms with E-state index in [1.807, 2.05) is 6.92 Å². The molecule has 0 aromatic carbocycles. The van der Waals surface area contributed by atoms with Crippen molar-refractivity contribution in [1.82, 2.24) is 14.7 Å². The number of aromatic nitrogens is 2. The van der Waals surface area contributed by atoms with Crippen LogP contribution in [-0.2, 0) is 6.54 Å². The van der Waals surface area contributed by atoms with Gasteiger partial charge in [0.15, 0.2) is 0 Å². The number of rotatable bonds is 6. The van der Waals surface area contributed by atoms with Gasteiger partial charge in [-0.1, -0.05) is 0 Å². The van der Waals surface area contributed by atoms with E-state index in [0.717, 1.165) is 4.90 Å². The van der Waals surface area contributed by atoms with E-state index in [1.54, 1.807) is 13.0 Å². The molecule has 1 aromatic heterocycles. The number of halogens is 2. The van der Waals surface area contributed by atoms with E-state index in [1.165, 1.54) is 4.68 Å². The number of amides is 1. The van der Waals surface area contributed by atoms with E-state index in [-0.39, 0.29) is 18.8 Å². The van der Waals surface area contributed by atoms with Crippen molar-refractivity contribution in [2.24, 2.45) is 0 Å². The first-order chi connectivity index (χ1) is 8.49. The van der Waals surface area contributed by atoms with Gasteiger partial charge < -0.3 is 10.0 Å². The van der Waals surface area contributed by atoms with Gasteiger partial charge in [-0.25, -0.2) is 8.78 Å². The average molecular weight is 261 g/mol. The van der Waals surface area contributed by atoms with Crippen molar-refractivity contribution in [3.8, 4) is 0 Å². The summed E-state index contributed by atoms with van der Waals surface area (Å²) in [6.07, 6.45) is -2.63. The summed E-state index contributed by atoms with van der Waals surface area (Å²) in [5.74, 6) is -0.535. The lowest BCUT2D eigenvalue weighted by atomic mass is 10.3. The monoisotopic (exact) mass is 261 g/mol. The predicted octanol–water partition coefficient (Wildman–Crippen LogP) is 0.911. The van der Waals surface area contributed by atoms with Gasteiger partial charge in [-0.05, 0) is 19.9 Å². The van der Waals surface area contributed by atoms with Gasteiger partial charge in [0, 0.05) is 13.1 Å². The lowest BCUT2D eigenvalue weighted by molar-refractivity contribution is 0.0499. The predicted molar refractivity (Wildman–Crippen MR) is 61.6 cm³/mol. The number of aliphatic hydroxyl groups excluding tert-OH is 1. The lowest BCUT2D eigenvalue weighted by Gasteiger charge is -2.21. The number of hydrogen-bond donors (Lipinski definition) is 1. The van der Waals surface area contributed by atoms with Gasteiger partial charge in [0.25, 0.3) is 12.3 Å². The van der Waals surface area contributed by atoms with Crippen molar-refractivity contribution in [1.29, 1.82) is 0 Å². The van der Waals surface area contributed by atoms with Crippen molar-refractivity contribution in [3.63, 3.8) is 0 Å². The van der Waals surface area contributed by atoms with Crippen molar-refractivity contribution in [3.05, 3.63) is 17.5 Å². The molecular formula is C11H17F2N3O2. The van der Waals surface area contributed by atoms with E-state index >= 15 is 0 Å². The fourth-order valence-electron chi connectivity index (χ4n) is 1.68. The molecule has 18 heavy (non-hydrogen) atoms. The van der Waals surface area contributed by atoms with Crippen LogP contribution in [0.25, 0.3) is 0 Å². The van der Waals surface area contributed by atoms with Crippen molar-refractivity contribution in [2.45, 2.75) is 26.8 Å². The zero-order valence-corrected chi connectivity index (χ0v) is 10.4. The second-order valence-corrected chi connectivity index (χ2v) is 3.85. The van der Waals surface area contributed by atoms with E-state index in [9.17, 15) is 13.6 Å². The SMILES string of the molecule is CCn1nc(C)cc1C(=O)N(CCO)CC(F)F. The Morgan fingerprint density at radius 2 is 2.28 bits per heavy atom. The number of carbonyl (C=O) groups is 1. The van der Waals surface area contributed by atoms with Crippen molar-refractivity contribution in [2.75, 3.05) is 19.7 Å². The summed E-state index contributed by atoms with van der Waals surface area (Å²) in [6, 6.07) is 1.56. The summed E-state index contributed by atoms with van der Waals surface area (Å²) in [5, 5.41) is 12.9. The topological polar surface area (TPSA) is 58.4 Å². The highest BCUT2D eigenvalue weighted by Gasteiger charge is 2.22. The van der Waals surface area contributed by atoms with Crippen LogP contribution in [0.15, 0.2) is 6.07 Å². The molecule has 0 fully saturated rings. The Hall–Kier alpha value is -1.50. The number of hydrogen-bond acceptors (Lipinski definition) is 3. The van der Waals surface area contributed by atoms with Crippen LogP contribution in [0.5, 0.6) is 0 Å². The van der Waals surface area contributed by atoms with Crippen LogP contribution in [0.1, 0.15) is 23.1 Å². The highest BCUT2D eigenvalue weighted by Crippen LogP contribution is 2.09. The van der Waals surface area contributed by atoms with Crippen LogP contribution >= 0.6 is 0 Å². The maximum absolute atomic E-state index is 12.4.